The number of ether oxygens (including phenoxy) is 3. The lowest BCUT2D eigenvalue weighted by Gasteiger charge is -2.29. The van der Waals surface area contributed by atoms with Gasteiger partial charge in [-0.25, -0.2) is 9.97 Å². The molecule has 0 spiro atoms. The van der Waals surface area contributed by atoms with Crippen LogP contribution in [0.3, 0.4) is 0 Å². The van der Waals surface area contributed by atoms with E-state index < -0.39 is 0 Å². The van der Waals surface area contributed by atoms with Crippen LogP contribution in [-0.4, -0.2) is 71.7 Å². The number of aliphatic hydroxyl groups excluding tert-OH is 1. The lowest BCUT2D eigenvalue weighted by molar-refractivity contribution is 0.266. The van der Waals surface area contributed by atoms with Gasteiger partial charge in [0.15, 0.2) is 17.3 Å². The molecule has 0 radical (unpaired) electrons. The lowest BCUT2D eigenvalue weighted by atomic mass is 10.1. The van der Waals surface area contributed by atoms with Crippen molar-refractivity contribution in [2.45, 2.75) is 31.8 Å². The summed E-state index contributed by atoms with van der Waals surface area (Å²) in [5, 5.41) is 16.5. The van der Waals surface area contributed by atoms with Gasteiger partial charge in [-0.1, -0.05) is 0 Å². The van der Waals surface area contributed by atoms with Gasteiger partial charge in [0, 0.05) is 30.8 Å². The molecule has 1 fully saturated rings. The number of nitrogens with one attached hydrogen (secondary N) is 2. The number of methoxy groups -OCH3 is 3. The summed E-state index contributed by atoms with van der Waals surface area (Å²) in [6.45, 7) is 2.60. The highest BCUT2D eigenvalue weighted by Crippen LogP contribution is 2.39. The van der Waals surface area contributed by atoms with E-state index in [1.807, 2.05) is 22.9 Å². The van der Waals surface area contributed by atoms with Crippen molar-refractivity contribution in [1.82, 2.24) is 24.8 Å². The first-order valence-electron chi connectivity index (χ1n) is 11.7. The molecule has 3 aromatic rings. The van der Waals surface area contributed by atoms with Gasteiger partial charge >= 0.3 is 0 Å². The minimum atomic E-state index is 0.0935. The highest BCUT2D eigenvalue weighted by molar-refractivity contribution is 5.60. The standard InChI is InChI=1S/C24H31N7O4/c1-33-19-9-16(10-20(34-2)22(19)35-3)30-12-21(26-14-30)28-24-27-18-11-25-7-6-17(18)23(29-24)31-8-4-5-15(31)13-32/h9-10,12,14-15,25,32H,4-8,11,13H2,1-3H3,(H,27,28,29)/t15-/m0/s1. The fraction of sp³-hybridized carbons (Fsp3) is 0.458. The zero-order valence-corrected chi connectivity index (χ0v) is 20.2. The van der Waals surface area contributed by atoms with E-state index in [4.69, 9.17) is 24.2 Å². The largest absolute Gasteiger partial charge is 0.493 e. The van der Waals surface area contributed by atoms with Crippen LogP contribution in [0.1, 0.15) is 24.1 Å². The van der Waals surface area contributed by atoms with Gasteiger partial charge in [-0.05, 0) is 25.8 Å². The molecule has 11 nitrogen and oxygen atoms in total. The van der Waals surface area contributed by atoms with Crippen LogP contribution < -0.4 is 29.7 Å². The summed E-state index contributed by atoms with van der Waals surface area (Å²) in [4.78, 5) is 16.4. The fourth-order valence-electron chi connectivity index (χ4n) is 4.80. The average Bonchev–Trinajstić information content (AvgIpc) is 3.57. The van der Waals surface area contributed by atoms with Crippen LogP contribution in [0.15, 0.2) is 24.7 Å². The third kappa shape index (κ3) is 4.44. The van der Waals surface area contributed by atoms with E-state index in [0.29, 0.717) is 35.6 Å². The van der Waals surface area contributed by atoms with Crippen molar-refractivity contribution in [3.05, 3.63) is 35.9 Å². The molecule has 2 aliphatic heterocycles. The maximum atomic E-state index is 9.87. The Bertz CT molecular complexity index is 1170. The molecule has 0 aliphatic carbocycles. The van der Waals surface area contributed by atoms with Crippen LogP contribution in [0.25, 0.3) is 5.69 Å². The number of fused-ring (bicyclic) bond motifs is 1. The van der Waals surface area contributed by atoms with E-state index in [2.05, 4.69) is 20.5 Å². The summed E-state index contributed by atoms with van der Waals surface area (Å²) in [7, 11) is 4.75. The molecule has 2 aliphatic rings. The number of nitrogens with zero attached hydrogens (tertiary/aromatic N) is 5. The predicted octanol–water partition coefficient (Wildman–Crippen LogP) is 2.04. The Labute approximate surface area is 204 Å². The molecule has 186 valence electrons. The molecule has 1 atom stereocenters. The Balaban J connectivity index is 1.45. The van der Waals surface area contributed by atoms with Crippen LogP contribution in [0.4, 0.5) is 17.6 Å². The molecule has 3 N–H and O–H groups in total. The van der Waals surface area contributed by atoms with Crippen molar-refractivity contribution in [1.29, 1.82) is 0 Å². The molecular formula is C24H31N7O4. The first kappa shape index (κ1) is 23.2. The number of hydrogen-bond donors (Lipinski definition) is 3. The molecule has 5 rings (SSSR count). The highest BCUT2D eigenvalue weighted by atomic mass is 16.5. The average molecular weight is 482 g/mol. The molecule has 1 saturated heterocycles. The molecular weight excluding hydrogens is 450 g/mol. The third-order valence-corrected chi connectivity index (χ3v) is 6.55. The molecule has 0 saturated carbocycles. The zero-order valence-electron chi connectivity index (χ0n) is 20.2. The van der Waals surface area contributed by atoms with Gasteiger partial charge in [-0.2, -0.15) is 4.98 Å². The van der Waals surface area contributed by atoms with Gasteiger partial charge in [-0.3, -0.25) is 0 Å². The first-order chi connectivity index (χ1) is 17.1. The lowest BCUT2D eigenvalue weighted by Crippen LogP contribution is -2.36. The van der Waals surface area contributed by atoms with Crippen LogP contribution >= 0.6 is 0 Å². The number of imidazole rings is 1. The van der Waals surface area contributed by atoms with Gasteiger partial charge in [0.05, 0.1) is 51.6 Å². The van der Waals surface area contributed by atoms with E-state index in [0.717, 1.165) is 55.1 Å². The molecule has 35 heavy (non-hydrogen) atoms. The van der Waals surface area contributed by atoms with E-state index in [-0.39, 0.29) is 12.6 Å². The Morgan fingerprint density at radius 1 is 1.14 bits per heavy atom. The Morgan fingerprint density at radius 3 is 2.66 bits per heavy atom. The fourth-order valence-corrected chi connectivity index (χ4v) is 4.80. The smallest absolute Gasteiger partial charge is 0.230 e. The van der Waals surface area contributed by atoms with Crippen LogP contribution in [0.5, 0.6) is 17.2 Å². The number of benzene rings is 1. The monoisotopic (exact) mass is 481 g/mol. The molecule has 4 heterocycles. The molecule has 11 heteroatoms. The second-order valence-electron chi connectivity index (χ2n) is 8.57. The number of anilines is 3. The van der Waals surface area contributed by atoms with Gasteiger partial charge in [0.25, 0.3) is 0 Å². The SMILES string of the molecule is COc1cc(-n2cnc(Nc3nc4c(c(N5CCC[C@H]5CO)n3)CCNC4)c2)cc(OC)c1OC. The highest BCUT2D eigenvalue weighted by Gasteiger charge is 2.29. The van der Waals surface area contributed by atoms with Crippen molar-refractivity contribution >= 4 is 17.6 Å². The topological polar surface area (TPSA) is 119 Å². The second kappa shape index (κ2) is 9.96. The Kier molecular flexibility index (Phi) is 6.60. The van der Waals surface area contributed by atoms with Crippen molar-refractivity contribution in [3.63, 3.8) is 0 Å². The number of rotatable bonds is 8. The number of hydrogen-bond acceptors (Lipinski definition) is 10. The summed E-state index contributed by atoms with van der Waals surface area (Å²) >= 11 is 0. The molecule has 0 unspecified atom stereocenters. The summed E-state index contributed by atoms with van der Waals surface area (Å²) in [6.07, 6.45) is 6.44. The maximum Gasteiger partial charge on any atom is 0.230 e. The molecule has 0 bridgehead atoms. The van der Waals surface area contributed by atoms with Gasteiger partial charge < -0.3 is 39.4 Å². The summed E-state index contributed by atoms with van der Waals surface area (Å²) in [5.74, 6) is 3.66. The van der Waals surface area contributed by atoms with E-state index in [1.54, 1.807) is 27.7 Å². The second-order valence-corrected chi connectivity index (χ2v) is 8.57. The quantitative estimate of drug-likeness (QED) is 0.441. The molecule has 0 amide bonds. The third-order valence-electron chi connectivity index (χ3n) is 6.55. The molecule has 2 aromatic heterocycles. The van der Waals surface area contributed by atoms with E-state index in [1.165, 1.54) is 0 Å². The first-order valence-corrected chi connectivity index (χ1v) is 11.7. The van der Waals surface area contributed by atoms with Crippen molar-refractivity contribution < 1.29 is 19.3 Å². The zero-order chi connectivity index (χ0) is 24.4. The van der Waals surface area contributed by atoms with Gasteiger partial charge in [-0.15, -0.1) is 0 Å². The molecule has 1 aromatic carbocycles. The number of aliphatic hydroxyl groups is 1. The maximum absolute atomic E-state index is 9.87. The van der Waals surface area contributed by atoms with Crippen LogP contribution in [-0.2, 0) is 13.0 Å². The number of aromatic nitrogens is 4. The Hall–Kier alpha value is -3.57. The normalized spacial score (nSPS) is 17.3. The van der Waals surface area contributed by atoms with E-state index in [9.17, 15) is 5.11 Å². The predicted molar refractivity (Wildman–Crippen MR) is 131 cm³/mol. The van der Waals surface area contributed by atoms with Crippen molar-refractivity contribution in [3.8, 4) is 22.9 Å². The van der Waals surface area contributed by atoms with E-state index >= 15 is 0 Å². The van der Waals surface area contributed by atoms with Gasteiger partial charge in [0.1, 0.15) is 12.1 Å². The minimum Gasteiger partial charge on any atom is -0.493 e. The van der Waals surface area contributed by atoms with Crippen LogP contribution in [0.2, 0.25) is 0 Å². The van der Waals surface area contributed by atoms with Gasteiger partial charge in [0.2, 0.25) is 11.7 Å². The summed E-state index contributed by atoms with van der Waals surface area (Å²) < 4.78 is 18.2. The summed E-state index contributed by atoms with van der Waals surface area (Å²) in [6, 6.07) is 3.80. The Morgan fingerprint density at radius 2 is 1.94 bits per heavy atom. The van der Waals surface area contributed by atoms with Crippen molar-refractivity contribution in [2.24, 2.45) is 0 Å². The van der Waals surface area contributed by atoms with Crippen molar-refractivity contribution in [2.75, 3.05) is 51.2 Å². The minimum absolute atomic E-state index is 0.0935. The summed E-state index contributed by atoms with van der Waals surface area (Å²) in [5.41, 5.74) is 2.95. The van der Waals surface area contributed by atoms with Crippen LogP contribution in [0, 0.1) is 0 Å².